The highest BCUT2D eigenvalue weighted by Gasteiger charge is 2.08. The maximum atomic E-state index is 12.2. The van der Waals surface area contributed by atoms with Gasteiger partial charge in [0.2, 0.25) is 0 Å². The number of para-hydroxylation sites is 1. The van der Waals surface area contributed by atoms with E-state index in [0.29, 0.717) is 18.8 Å². The van der Waals surface area contributed by atoms with Gasteiger partial charge in [0, 0.05) is 24.3 Å². The molecule has 0 atom stereocenters. The summed E-state index contributed by atoms with van der Waals surface area (Å²) in [6.45, 7) is 3.05. The molecule has 0 aliphatic rings. The van der Waals surface area contributed by atoms with Crippen LogP contribution in [0.5, 0.6) is 5.75 Å². The van der Waals surface area contributed by atoms with Crippen LogP contribution in [0.25, 0.3) is 0 Å². The highest BCUT2D eigenvalue weighted by molar-refractivity contribution is 5.91. The molecule has 0 unspecified atom stereocenters. The minimum atomic E-state index is -0.938. The second-order valence-corrected chi connectivity index (χ2v) is 6.92. The number of ether oxygens (including phenoxy) is 1. The summed E-state index contributed by atoms with van der Waals surface area (Å²) in [5, 5.41) is 15.1. The molecule has 0 aromatic heterocycles. The molecule has 3 N–H and O–H groups in total. The minimum Gasteiger partial charge on any atom is -0.483 e. The summed E-state index contributed by atoms with van der Waals surface area (Å²) in [5.74, 6) is -0.516. The third-order valence-corrected chi connectivity index (χ3v) is 4.51. The van der Waals surface area contributed by atoms with Gasteiger partial charge in [-0.15, -0.1) is 0 Å². The number of aryl methyl sites for hydroxylation is 1. The van der Waals surface area contributed by atoms with Gasteiger partial charge in [-0.25, -0.2) is 4.79 Å². The third-order valence-electron chi connectivity index (χ3n) is 4.51. The summed E-state index contributed by atoms with van der Waals surface area (Å²) in [5.41, 5.74) is 4.04. The molecule has 0 saturated heterocycles. The fourth-order valence-corrected chi connectivity index (χ4v) is 2.87. The van der Waals surface area contributed by atoms with Crippen molar-refractivity contribution >= 4 is 17.6 Å². The van der Waals surface area contributed by atoms with Gasteiger partial charge >= 0.3 is 5.97 Å². The predicted octanol–water partition coefficient (Wildman–Crippen LogP) is 4.00. The van der Waals surface area contributed by atoms with Crippen molar-refractivity contribution in [2.75, 3.05) is 11.9 Å². The first-order chi connectivity index (χ1) is 14.5. The Hall–Kier alpha value is -3.64. The number of carbonyl (C=O) groups is 2. The van der Waals surface area contributed by atoms with Crippen molar-refractivity contribution in [2.45, 2.75) is 20.0 Å². The van der Waals surface area contributed by atoms with Crippen molar-refractivity contribution < 1.29 is 19.4 Å². The van der Waals surface area contributed by atoms with Crippen LogP contribution in [0.3, 0.4) is 0 Å². The predicted molar refractivity (Wildman–Crippen MR) is 116 cm³/mol. The zero-order chi connectivity index (χ0) is 21.3. The molecule has 0 aliphatic heterocycles. The molecule has 0 saturated carbocycles. The lowest BCUT2D eigenvalue weighted by atomic mass is 10.1. The topological polar surface area (TPSA) is 87.7 Å². The smallest absolute Gasteiger partial charge is 0.335 e. The number of carboxylic acids is 1. The summed E-state index contributed by atoms with van der Waals surface area (Å²) in [6, 6.07) is 21.9. The highest BCUT2D eigenvalue weighted by atomic mass is 16.5. The number of anilines is 1. The molecule has 0 aliphatic carbocycles. The van der Waals surface area contributed by atoms with E-state index in [0.717, 1.165) is 22.4 Å². The van der Waals surface area contributed by atoms with E-state index in [-0.39, 0.29) is 18.1 Å². The molecule has 3 aromatic carbocycles. The van der Waals surface area contributed by atoms with Gasteiger partial charge in [0.1, 0.15) is 5.75 Å². The lowest BCUT2D eigenvalue weighted by Gasteiger charge is -2.12. The molecular formula is C24H24N2O4. The Morgan fingerprint density at radius 3 is 2.30 bits per heavy atom. The van der Waals surface area contributed by atoms with E-state index in [2.05, 4.69) is 10.6 Å². The Balaban J connectivity index is 1.50. The van der Waals surface area contributed by atoms with E-state index in [1.807, 2.05) is 55.5 Å². The van der Waals surface area contributed by atoms with E-state index in [1.54, 1.807) is 24.3 Å². The van der Waals surface area contributed by atoms with Crippen molar-refractivity contribution in [2.24, 2.45) is 0 Å². The quantitative estimate of drug-likeness (QED) is 0.502. The number of carbonyl (C=O) groups excluding carboxylic acids is 1. The third kappa shape index (κ3) is 6.18. The van der Waals surface area contributed by atoms with Gasteiger partial charge in [-0.3, -0.25) is 4.79 Å². The number of nitrogens with one attached hydrogen (secondary N) is 2. The molecule has 6 nitrogen and oxygen atoms in total. The molecule has 0 heterocycles. The summed E-state index contributed by atoms with van der Waals surface area (Å²) < 4.78 is 5.72. The van der Waals surface area contributed by atoms with Crippen LogP contribution in [0.4, 0.5) is 5.69 Å². The molecule has 0 bridgehead atoms. The Kier molecular flexibility index (Phi) is 7.19. The van der Waals surface area contributed by atoms with Gasteiger partial charge in [-0.05, 0) is 42.8 Å². The standard InChI is InChI=1S/C24H24N2O4/c1-17-6-12-21(13-7-17)26-23(27)16-30-22-5-3-2-4-20(22)15-25-14-18-8-10-19(11-9-18)24(28)29/h2-13,25H,14-16H2,1H3,(H,26,27)(H,28,29). The number of carboxylic acid groups (broad SMARTS) is 1. The molecule has 6 heteroatoms. The molecule has 3 aromatic rings. The number of rotatable bonds is 9. The van der Waals surface area contributed by atoms with E-state index in [9.17, 15) is 9.59 Å². The van der Waals surface area contributed by atoms with Crippen LogP contribution in [0.2, 0.25) is 0 Å². The molecular weight excluding hydrogens is 380 g/mol. The largest absolute Gasteiger partial charge is 0.483 e. The zero-order valence-corrected chi connectivity index (χ0v) is 16.7. The van der Waals surface area contributed by atoms with Gasteiger partial charge in [0.05, 0.1) is 5.56 Å². The van der Waals surface area contributed by atoms with E-state index < -0.39 is 5.97 Å². The van der Waals surface area contributed by atoms with Gasteiger partial charge < -0.3 is 20.5 Å². The lowest BCUT2D eigenvalue weighted by Crippen LogP contribution is -2.21. The average Bonchev–Trinajstić information content (AvgIpc) is 2.75. The number of benzene rings is 3. The SMILES string of the molecule is Cc1ccc(NC(=O)COc2ccccc2CNCc2ccc(C(=O)O)cc2)cc1. The number of aromatic carboxylic acids is 1. The molecule has 0 fully saturated rings. The van der Waals surface area contributed by atoms with Crippen LogP contribution in [0.15, 0.2) is 72.8 Å². The molecule has 154 valence electrons. The zero-order valence-electron chi connectivity index (χ0n) is 16.7. The molecule has 0 radical (unpaired) electrons. The fraction of sp³-hybridized carbons (Fsp3) is 0.167. The summed E-state index contributed by atoms with van der Waals surface area (Å²) in [7, 11) is 0. The van der Waals surface area contributed by atoms with Crippen molar-refractivity contribution in [3.63, 3.8) is 0 Å². The second-order valence-electron chi connectivity index (χ2n) is 6.92. The van der Waals surface area contributed by atoms with Gasteiger partial charge in [0.15, 0.2) is 6.61 Å². The van der Waals surface area contributed by atoms with E-state index in [1.165, 1.54) is 0 Å². The van der Waals surface area contributed by atoms with Crippen molar-refractivity contribution in [1.82, 2.24) is 5.32 Å². The number of amides is 1. The van der Waals surface area contributed by atoms with Crippen molar-refractivity contribution in [1.29, 1.82) is 0 Å². The Morgan fingerprint density at radius 2 is 1.60 bits per heavy atom. The molecule has 1 amide bonds. The molecule has 0 spiro atoms. The first-order valence-corrected chi connectivity index (χ1v) is 9.61. The average molecular weight is 404 g/mol. The van der Waals surface area contributed by atoms with Crippen LogP contribution >= 0.6 is 0 Å². The Bertz CT molecular complexity index is 998. The highest BCUT2D eigenvalue weighted by Crippen LogP contribution is 2.18. The minimum absolute atomic E-state index is 0.0818. The first-order valence-electron chi connectivity index (χ1n) is 9.61. The second kappa shape index (κ2) is 10.2. The van der Waals surface area contributed by atoms with Gasteiger partial charge in [-0.1, -0.05) is 48.0 Å². The van der Waals surface area contributed by atoms with Crippen molar-refractivity contribution in [3.05, 3.63) is 95.1 Å². The van der Waals surface area contributed by atoms with Crippen LogP contribution in [-0.4, -0.2) is 23.6 Å². The van der Waals surface area contributed by atoms with Gasteiger partial charge in [0.25, 0.3) is 5.91 Å². The lowest BCUT2D eigenvalue weighted by molar-refractivity contribution is -0.118. The van der Waals surface area contributed by atoms with Crippen LogP contribution in [0.1, 0.15) is 27.0 Å². The van der Waals surface area contributed by atoms with E-state index >= 15 is 0 Å². The Morgan fingerprint density at radius 1 is 0.900 bits per heavy atom. The maximum absolute atomic E-state index is 12.2. The maximum Gasteiger partial charge on any atom is 0.335 e. The summed E-state index contributed by atoms with van der Waals surface area (Å²) in [6.07, 6.45) is 0. The monoisotopic (exact) mass is 404 g/mol. The first kappa shape index (κ1) is 21.1. The van der Waals surface area contributed by atoms with Crippen LogP contribution in [-0.2, 0) is 17.9 Å². The summed E-state index contributed by atoms with van der Waals surface area (Å²) in [4.78, 5) is 23.1. The Labute approximate surface area is 175 Å². The molecule has 30 heavy (non-hydrogen) atoms. The number of hydrogen-bond acceptors (Lipinski definition) is 4. The number of hydrogen-bond donors (Lipinski definition) is 3. The fourth-order valence-electron chi connectivity index (χ4n) is 2.87. The van der Waals surface area contributed by atoms with Gasteiger partial charge in [-0.2, -0.15) is 0 Å². The van der Waals surface area contributed by atoms with Crippen LogP contribution < -0.4 is 15.4 Å². The normalized spacial score (nSPS) is 10.4. The van der Waals surface area contributed by atoms with E-state index in [4.69, 9.17) is 9.84 Å². The molecule has 3 rings (SSSR count). The van der Waals surface area contributed by atoms with Crippen LogP contribution in [0, 0.1) is 6.92 Å². The summed E-state index contributed by atoms with van der Waals surface area (Å²) >= 11 is 0. The van der Waals surface area contributed by atoms with Crippen molar-refractivity contribution in [3.8, 4) is 5.75 Å².